The summed E-state index contributed by atoms with van der Waals surface area (Å²) >= 11 is 6.12. The molecule has 0 aliphatic carbocycles. The fourth-order valence-corrected chi connectivity index (χ4v) is 3.38. The van der Waals surface area contributed by atoms with E-state index in [1.807, 2.05) is 35.2 Å². The summed E-state index contributed by atoms with van der Waals surface area (Å²) in [7, 11) is 0. The second kappa shape index (κ2) is 7.69. The third-order valence-electron chi connectivity index (χ3n) is 4.50. The lowest BCUT2D eigenvalue weighted by Gasteiger charge is -2.28. The van der Waals surface area contributed by atoms with Gasteiger partial charge in [0, 0.05) is 22.9 Å². The van der Waals surface area contributed by atoms with Crippen molar-refractivity contribution in [2.24, 2.45) is 0 Å². The van der Waals surface area contributed by atoms with E-state index >= 15 is 0 Å². The summed E-state index contributed by atoms with van der Waals surface area (Å²) in [6.45, 7) is 3.46. The molecule has 2 aromatic rings. The third kappa shape index (κ3) is 3.89. The third-order valence-corrected chi connectivity index (χ3v) is 4.74. The van der Waals surface area contributed by atoms with Gasteiger partial charge in [0.15, 0.2) is 0 Å². The molecule has 3 rings (SSSR count). The highest BCUT2D eigenvalue weighted by Crippen LogP contribution is 2.36. The van der Waals surface area contributed by atoms with Crippen LogP contribution in [-0.2, 0) is 4.79 Å². The Morgan fingerprint density at radius 3 is 2.58 bits per heavy atom. The van der Waals surface area contributed by atoms with Crippen LogP contribution in [0.4, 0.5) is 0 Å². The van der Waals surface area contributed by atoms with Gasteiger partial charge in [-0.1, -0.05) is 41.9 Å². The number of piperazine rings is 1. The number of aromatic hydroxyl groups is 1. The second-order valence-corrected chi connectivity index (χ2v) is 6.55. The zero-order valence-electron chi connectivity index (χ0n) is 13.5. The number of halogens is 1. The molecule has 3 N–H and O–H groups in total. The summed E-state index contributed by atoms with van der Waals surface area (Å²) in [5.41, 5.74) is 1.71. The number of carbonyl (C=O) groups is 1. The van der Waals surface area contributed by atoms with Crippen molar-refractivity contribution in [2.45, 2.75) is 12.3 Å². The molecule has 0 radical (unpaired) electrons. The molecule has 1 aliphatic heterocycles. The number of hydrogen-bond acceptors (Lipinski definition) is 2. The second-order valence-electron chi connectivity index (χ2n) is 6.12. The van der Waals surface area contributed by atoms with E-state index in [1.54, 1.807) is 18.2 Å². The van der Waals surface area contributed by atoms with Crippen LogP contribution in [0.25, 0.3) is 0 Å². The van der Waals surface area contributed by atoms with Gasteiger partial charge in [0.2, 0.25) is 5.91 Å². The SMILES string of the molecule is O=C(C[C@@H](c1ccccc1)c1cc(Cl)ccc1O)N1CC[NH2+]CC1. The van der Waals surface area contributed by atoms with Gasteiger partial charge < -0.3 is 15.3 Å². The Labute approximate surface area is 147 Å². The van der Waals surface area contributed by atoms with Crippen molar-refractivity contribution in [3.63, 3.8) is 0 Å². The van der Waals surface area contributed by atoms with Crippen LogP contribution >= 0.6 is 11.6 Å². The first kappa shape index (κ1) is 16.8. The van der Waals surface area contributed by atoms with E-state index in [2.05, 4.69) is 5.32 Å². The van der Waals surface area contributed by atoms with E-state index in [0.717, 1.165) is 31.7 Å². The van der Waals surface area contributed by atoms with Crippen molar-refractivity contribution in [3.05, 3.63) is 64.7 Å². The molecule has 0 aromatic heterocycles. The average Bonchev–Trinajstić information content (AvgIpc) is 2.63. The van der Waals surface area contributed by atoms with Gasteiger partial charge in [-0.05, 0) is 23.8 Å². The fraction of sp³-hybridized carbons (Fsp3) is 0.316. The first-order valence-corrected chi connectivity index (χ1v) is 8.66. The van der Waals surface area contributed by atoms with Crippen LogP contribution in [0.2, 0.25) is 5.02 Å². The number of quaternary nitrogens is 1. The number of benzene rings is 2. The predicted molar refractivity (Wildman–Crippen MR) is 94.3 cm³/mol. The zero-order chi connectivity index (χ0) is 16.9. The van der Waals surface area contributed by atoms with Crippen LogP contribution in [0.1, 0.15) is 23.5 Å². The highest BCUT2D eigenvalue weighted by molar-refractivity contribution is 6.30. The summed E-state index contributed by atoms with van der Waals surface area (Å²) in [6, 6.07) is 14.8. The van der Waals surface area contributed by atoms with E-state index in [0.29, 0.717) is 17.0 Å². The van der Waals surface area contributed by atoms with Crippen molar-refractivity contribution in [2.75, 3.05) is 26.2 Å². The number of amides is 1. The summed E-state index contributed by atoms with van der Waals surface area (Å²) in [4.78, 5) is 14.7. The Morgan fingerprint density at radius 1 is 1.17 bits per heavy atom. The molecule has 1 aliphatic rings. The van der Waals surface area contributed by atoms with Gasteiger partial charge in [0.05, 0.1) is 26.2 Å². The summed E-state index contributed by atoms with van der Waals surface area (Å²) in [6.07, 6.45) is 0.331. The molecule has 0 saturated carbocycles. The number of carbonyl (C=O) groups excluding carboxylic acids is 1. The van der Waals surface area contributed by atoms with Crippen molar-refractivity contribution in [1.29, 1.82) is 0 Å². The molecule has 2 aromatic carbocycles. The minimum atomic E-state index is -0.205. The largest absolute Gasteiger partial charge is 0.508 e. The number of nitrogens with zero attached hydrogens (tertiary/aromatic N) is 1. The first-order valence-electron chi connectivity index (χ1n) is 8.28. The van der Waals surface area contributed by atoms with Crippen LogP contribution in [0, 0.1) is 0 Å². The molecule has 1 amide bonds. The maximum Gasteiger partial charge on any atom is 0.223 e. The first-order chi connectivity index (χ1) is 11.6. The topological polar surface area (TPSA) is 57.1 Å². The molecule has 1 saturated heterocycles. The van der Waals surface area contributed by atoms with Crippen molar-refractivity contribution in [3.8, 4) is 5.75 Å². The van der Waals surface area contributed by atoms with Crippen LogP contribution in [0.3, 0.4) is 0 Å². The average molecular weight is 346 g/mol. The number of phenols is 1. The summed E-state index contributed by atoms with van der Waals surface area (Å²) < 4.78 is 0. The van der Waals surface area contributed by atoms with Gasteiger partial charge in [-0.25, -0.2) is 0 Å². The Morgan fingerprint density at radius 2 is 1.88 bits per heavy atom. The van der Waals surface area contributed by atoms with E-state index in [9.17, 15) is 9.90 Å². The van der Waals surface area contributed by atoms with Crippen molar-refractivity contribution >= 4 is 17.5 Å². The lowest BCUT2D eigenvalue weighted by molar-refractivity contribution is -0.662. The normalized spacial score (nSPS) is 16.0. The van der Waals surface area contributed by atoms with Gasteiger partial charge in [0.25, 0.3) is 0 Å². The standard InChI is InChI=1S/C19H21ClN2O2/c20-15-6-7-18(23)17(12-15)16(14-4-2-1-3-5-14)13-19(24)22-10-8-21-9-11-22/h1-7,12,16,21,23H,8-11,13H2/p+1/t16-/m0/s1. The minimum absolute atomic E-state index is 0.122. The molecule has 1 atom stereocenters. The predicted octanol–water partition coefficient (Wildman–Crippen LogP) is 1.97. The smallest absolute Gasteiger partial charge is 0.223 e. The lowest BCUT2D eigenvalue weighted by atomic mass is 9.87. The molecular formula is C19H22ClN2O2+. The Hall–Kier alpha value is -2.04. The van der Waals surface area contributed by atoms with E-state index in [1.165, 1.54) is 0 Å². The van der Waals surface area contributed by atoms with Crippen LogP contribution in [0.5, 0.6) is 5.75 Å². The Bertz CT molecular complexity index is 700. The molecule has 5 heteroatoms. The van der Waals surface area contributed by atoms with E-state index in [-0.39, 0.29) is 17.6 Å². The number of phenolic OH excluding ortho intramolecular Hbond substituents is 1. The molecular weight excluding hydrogens is 324 g/mol. The monoisotopic (exact) mass is 345 g/mol. The van der Waals surface area contributed by atoms with Crippen molar-refractivity contribution < 1.29 is 15.2 Å². The maximum atomic E-state index is 12.7. The van der Waals surface area contributed by atoms with Gasteiger partial charge >= 0.3 is 0 Å². The Balaban J connectivity index is 1.90. The quantitative estimate of drug-likeness (QED) is 0.890. The minimum Gasteiger partial charge on any atom is -0.508 e. The molecule has 24 heavy (non-hydrogen) atoms. The van der Waals surface area contributed by atoms with Crippen LogP contribution < -0.4 is 5.32 Å². The molecule has 1 fully saturated rings. The maximum absolute atomic E-state index is 12.7. The molecule has 0 unspecified atom stereocenters. The van der Waals surface area contributed by atoms with Crippen LogP contribution in [-0.4, -0.2) is 42.1 Å². The van der Waals surface area contributed by atoms with Gasteiger partial charge in [-0.15, -0.1) is 0 Å². The van der Waals surface area contributed by atoms with Gasteiger partial charge in [0.1, 0.15) is 5.75 Å². The summed E-state index contributed by atoms with van der Waals surface area (Å²) in [5, 5.41) is 13.1. The van der Waals surface area contributed by atoms with Gasteiger partial charge in [-0.3, -0.25) is 4.79 Å². The van der Waals surface area contributed by atoms with Crippen molar-refractivity contribution in [1.82, 2.24) is 4.90 Å². The summed E-state index contributed by atoms with van der Waals surface area (Å²) in [5.74, 6) is 0.0904. The van der Waals surface area contributed by atoms with E-state index < -0.39 is 0 Å². The van der Waals surface area contributed by atoms with Gasteiger partial charge in [-0.2, -0.15) is 0 Å². The number of nitrogens with two attached hydrogens (primary N) is 1. The molecule has 126 valence electrons. The highest BCUT2D eigenvalue weighted by Gasteiger charge is 2.25. The highest BCUT2D eigenvalue weighted by atomic mass is 35.5. The molecule has 0 bridgehead atoms. The number of hydrogen-bond donors (Lipinski definition) is 2. The molecule has 1 heterocycles. The number of rotatable bonds is 4. The van der Waals surface area contributed by atoms with Crippen LogP contribution in [0.15, 0.2) is 48.5 Å². The lowest BCUT2D eigenvalue weighted by Crippen LogP contribution is -2.89. The zero-order valence-corrected chi connectivity index (χ0v) is 14.2. The molecule has 4 nitrogen and oxygen atoms in total. The fourth-order valence-electron chi connectivity index (χ4n) is 3.20. The van der Waals surface area contributed by atoms with E-state index in [4.69, 9.17) is 11.6 Å². The Kier molecular flexibility index (Phi) is 5.38. The molecule has 0 spiro atoms.